The van der Waals surface area contributed by atoms with E-state index in [2.05, 4.69) is 11.9 Å². The van der Waals surface area contributed by atoms with Crippen molar-refractivity contribution < 1.29 is 23.1 Å². The van der Waals surface area contributed by atoms with Crippen molar-refractivity contribution in [3.05, 3.63) is 12.7 Å². The second-order valence-corrected chi connectivity index (χ2v) is 7.07. The number of carbonyl (C=O) groups is 2. The van der Waals surface area contributed by atoms with E-state index in [1.165, 1.54) is 6.92 Å². The van der Waals surface area contributed by atoms with Crippen LogP contribution in [-0.2, 0) is 19.4 Å². The molecule has 1 aliphatic rings. The number of hydrogen-bond acceptors (Lipinski definition) is 4. The molecule has 0 bridgehead atoms. The molecule has 1 amide bonds. The minimum absolute atomic E-state index is 0.0861. The summed E-state index contributed by atoms with van der Waals surface area (Å²) in [5, 5.41) is 10.7. The number of carboxylic acid groups (broad SMARTS) is 1. The number of carbonyl (C=O) groups excluding carboxylic acids is 1. The Morgan fingerprint density at radius 1 is 1.56 bits per heavy atom. The molecule has 2 atom stereocenters. The molecule has 1 fully saturated rings. The van der Waals surface area contributed by atoms with E-state index < -0.39 is 32.5 Å². The van der Waals surface area contributed by atoms with Crippen molar-refractivity contribution in [2.45, 2.75) is 37.0 Å². The first-order valence-corrected chi connectivity index (χ1v) is 7.32. The molecule has 7 heteroatoms. The van der Waals surface area contributed by atoms with Crippen LogP contribution in [-0.4, -0.2) is 41.9 Å². The van der Waals surface area contributed by atoms with Crippen LogP contribution in [0.15, 0.2) is 12.7 Å². The van der Waals surface area contributed by atoms with E-state index in [1.807, 2.05) is 0 Å². The average molecular weight is 275 g/mol. The van der Waals surface area contributed by atoms with Crippen molar-refractivity contribution in [2.75, 3.05) is 5.75 Å². The molecule has 1 saturated heterocycles. The fraction of sp³-hybridized carbons (Fsp3) is 0.636. The summed E-state index contributed by atoms with van der Waals surface area (Å²) in [6.45, 7) is 4.55. The molecule has 1 aliphatic heterocycles. The van der Waals surface area contributed by atoms with Crippen LogP contribution < -0.4 is 5.32 Å². The Kier molecular flexibility index (Phi) is 4.16. The van der Waals surface area contributed by atoms with Gasteiger partial charge in [0.05, 0.1) is 11.0 Å². The zero-order chi connectivity index (χ0) is 14.0. The van der Waals surface area contributed by atoms with E-state index in [0.717, 1.165) is 6.08 Å². The zero-order valence-electron chi connectivity index (χ0n) is 10.2. The first kappa shape index (κ1) is 14.7. The number of aliphatic carboxylic acids is 1. The van der Waals surface area contributed by atoms with Crippen LogP contribution in [0, 0.1) is 0 Å². The Bertz CT molecular complexity index is 470. The highest BCUT2D eigenvalue weighted by molar-refractivity contribution is 7.92. The first-order chi connectivity index (χ1) is 8.21. The second kappa shape index (κ2) is 5.09. The maximum Gasteiger partial charge on any atom is 0.329 e. The number of hydrogen-bond donors (Lipinski definition) is 2. The van der Waals surface area contributed by atoms with Crippen molar-refractivity contribution in [1.29, 1.82) is 0 Å². The molecule has 1 unspecified atom stereocenters. The van der Waals surface area contributed by atoms with Gasteiger partial charge in [-0.2, -0.15) is 0 Å². The highest BCUT2D eigenvalue weighted by atomic mass is 32.2. The van der Waals surface area contributed by atoms with E-state index in [0.29, 0.717) is 12.8 Å². The summed E-state index contributed by atoms with van der Waals surface area (Å²) >= 11 is 0. The van der Waals surface area contributed by atoms with Gasteiger partial charge in [-0.3, -0.25) is 4.79 Å². The van der Waals surface area contributed by atoms with E-state index in [1.54, 1.807) is 0 Å². The Morgan fingerprint density at radius 2 is 2.17 bits per heavy atom. The molecular weight excluding hydrogens is 258 g/mol. The highest BCUT2D eigenvalue weighted by Crippen LogP contribution is 2.28. The fourth-order valence-electron chi connectivity index (χ4n) is 2.06. The van der Waals surface area contributed by atoms with Gasteiger partial charge in [0, 0.05) is 0 Å². The third kappa shape index (κ3) is 3.10. The van der Waals surface area contributed by atoms with E-state index >= 15 is 0 Å². The Hall–Kier alpha value is -1.37. The lowest BCUT2D eigenvalue weighted by molar-refractivity contribution is -0.146. The summed E-state index contributed by atoms with van der Waals surface area (Å²) < 4.78 is 23.4. The number of amides is 1. The lowest BCUT2D eigenvalue weighted by Crippen LogP contribution is -2.54. The Morgan fingerprint density at radius 3 is 2.56 bits per heavy atom. The Balaban J connectivity index is 2.90. The van der Waals surface area contributed by atoms with Gasteiger partial charge in [0.2, 0.25) is 5.91 Å². The predicted molar refractivity (Wildman–Crippen MR) is 65.8 cm³/mol. The summed E-state index contributed by atoms with van der Waals surface area (Å²) in [6, 6.07) is 0. The molecule has 1 rings (SSSR count). The monoisotopic (exact) mass is 275 g/mol. The molecule has 0 aromatic heterocycles. The van der Waals surface area contributed by atoms with Gasteiger partial charge in [-0.05, 0) is 32.3 Å². The molecule has 18 heavy (non-hydrogen) atoms. The minimum Gasteiger partial charge on any atom is -0.480 e. The van der Waals surface area contributed by atoms with Gasteiger partial charge in [0.1, 0.15) is 5.54 Å². The van der Waals surface area contributed by atoms with Gasteiger partial charge >= 0.3 is 5.97 Å². The molecule has 0 aromatic carbocycles. The van der Waals surface area contributed by atoms with Crippen LogP contribution in [0.1, 0.15) is 26.2 Å². The first-order valence-electron chi connectivity index (χ1n) is 5.61. The van der Waals surface area contributed by atoms with Crippen molar-refractivity contribution in [3.63, 3.8) is 0 Å². The van der Waals surface area contributed by atoms with E-state index in [9.17, 15) is 18.0 Å². The summed E-state index contributed by atoms with van der Waals surface area (Å²) in [4.78, 5) is 22.5. The topological polar surface area (TPSA) is 101 Å². The van der Waals surface area contributed by atoms with Crippen LogP contribution in [0.2, 0.25) is 0 Å². The van der Waals surface area contributed by atoms with Crippen molar-refractivity contribution in [1.82, 2.24) is 5.32 Å². The normalized spacial score (nSPS) is 25.1. The van der Waals surface area contributed by atoms with Gasteiger partial charge < -0.3 is 10.4 Å². The molecule has 0 radical (unpaired) electrons. The SMILES string of the molecule is C=CC(=O)N[C@@](C)(CC1CCCS1(=O)=O)C(=O)O. The molecular formula is C11H17NO5S. The van der Waals surface area contributed by atoms with Crippen molar-refractivity contribution in [2.24, 2.45) is 0 Å². The van der Waals surface area contributed by atoms with Gasteiger partial charge in [0.25, 0.3) is 0 Å². The lowest BCUT2D eigenvalue weighted by Gasteiger charge is -2.28. The quantitative estimate of drug-likeness (QED) is 0.693. The summed E-state index contributed by atoms with van der Waals surface area (Å²) in [7, 11) is -3.24. The molecule has 1 heterocycles. The van der Waals surface area contributed by atoms with E-state index in [4.69, 9.17) is 5.11 Å². The maximum absolute atomic E-state index is 11.7. The van der Waals surface area contributed by atoms with Gasteiger partial charge in [-0.1, -0.05) is 6.58 Å². The zero-order valence-corrected chi connectivity index (χ0v) is 11.0. The standard InChI is InChI=1S/C11H17NO5S/c1-3-9(13)12-11(2,10(14)15)7-8-5-4-6-18(8,16)17/h3,8H,1,4-7H2,2H3,(H,12,13)(H,14,15)/t8?,11-/m0/s1. The van der Waals surface area contributed by atoms with Crippen molar-refractivity contribution in [3.8, 4) is 0 Å². The van der Waals surface area contributed by atoms with Gasteiger partial charge in [-0.15, -0.1) is 0 Å². The van der Waals surface area contributed by atoms with Crippen LogP contribution in [0.25, 0.3) is 0 Å². The smallest absolute Gasteiger partial charge is 0.329 e. The molecule has 0 spiro atoms. The summed E-state index contributed by atoms with van der Waals surface area (Å²) in [5.41, 5.74) is -1.59. The summed E-state index contributed by atoms with van der Waals surface area (Å²) in [5.74, 6) is -1.79. The van der Waals surface area contributed by atoms with Crippen LogP contribution in [0.5, 0.6) is 0 Å². The van der Waals surface area contributed by atoms with Crippen LogP contribution in [0.3, 0.4) is 0 Å². The molecule has 0 aromatic rings. The molecule has 0 saturated carbocycles. The van der Waals surface area contributed by atoms with Crippen LogP contribution in [0.4, 0.5) is 0 Å². The minimum atomic E-state index is -3.24. The van der Waals surface area contributed by atoms with Crippen LogP contribution >= 0.6 is 0 Å². The average Bonchev–Trinajstić information content (AvgIpc) is 2.57. The molecule has 102 valence electrons. The number of rotatable bonds is 5. The second-order valence-electron chi connectivity index (χ2n) is 4.67. The maximum atomic E-state index is 11.7. The third-order valence-corrected chi connectivity index (χ3v) is 5.43. The number of sulfone groups is 1. The molecule has 6 nitrogen and oxygen atoms in total. The number of carboxylic acids is 1. The molecule has 0 aliphatic carbocycles. The predicted octanol–water partition coefficient (Wildman–Crippen LogP) is 0.0992. The summed E-state index contributed by atoms with van der Waals surface area (Å²) in [6.07, 6.45) is 1.82. The van der Waals surface area contributed by atoms with E-state index in [-0.39, 0.29) is 12.2 Å². The van der Waals surface area contributed by atoms with Gasteiger partial charge in [-0.25, -0.2) is 13.2 Å². The highest BCUT2D eigenvalue weighted by Gasteiger charge is 2.42. The Labute approximate surface area is 106 Å². The largest absolute Gasteiger partial charge is 0.480 e. The van der Waals surface area contributed by atoms with Crippen molar-refractivity contribution >= 4 is 21.7 Å². The molecule has 2 N–H and O–H groups in total. The fourth-order valence-corrected chi connectivity index (χ4v) is 4.07. The lowest BCUT2D eigenvalue weighted by atomic mass is 9.94. The van der Waals surface area contributed by atoms with Gasteiger partial charge in [0.15, 0.2) is 9.84 Å². The third-order valence-electron chi connectivity index (χ3n) is 3.16. The number of nitrogens with one attached hydrogen (secondary N) is 1.